The summed E-state index contributed by atoms with van der Waals surface area (Å²) >= 11 is 0. The lowest BCUT2D eigenvalue weighted by Crippen LogP contribution is -1.94. The molecule has 6 nitrogen and oxygen atoms in total. The number of H-pyrrole nitrogens is 2. The van der Waals surface area contributed by atoms with Gasteiger partial charge in [0.15, 0.2) is 0 Å². The van der Waals surface area contributed by atoms with E-state index in [1.807, 2.05) is 12.1 Å². The van der Waals surface area contributed by atoms with Crippen LogP contribution in [0.2, 0.25) is 0 Å². The molecule has 2 aromatic carbocycles. The van der Waals surface area contributed by atoms with Gasteiger partial charge in [-0.3, -0.25) is 0 Å². The largest absolute Gasteiger partial charge is 0.497 e. The summed E-state index contributed by atoms with van der Waals surface area (Å²) in [7, 11) is 3.48. The van der Waals surface area contributed by atoms with E-state index in [9.17, 15) is 0 Å². The molecule has 2 N–H and O–H groups in total. The molecule has 5 aromatic rings. The Morgan fingerprint density at radius 2 is 0.712 bits per heavy atom. The number of hydrogen-bond donors (Lipinski definition) is 2. The molecular weight excluding hydrogens is 809 g/mol. The molecular formula is C60H78N4O2. The topological polar surface area (TPSA) is 75.8 Å². The molecule has 0 saturated carbocycles. The number of benzene rings is 2. The van der Waals surface area contributed by atoms with Gasteiger partial charge in [0, 0.05) is 44.3 Å². The zero-order valence-corrected chi connectivity index (χ0v) is 40.9. The third kappa shape index (κ3) is 13.4. The van der Waals surface area contributed by atoms with Crippen LogP contribution in [0.25, 0.3) is 68.6 Å². The van der Waals surface area contributed by atoms with Gasteiger partial charge in [-0.25, -0.2) is 9.97 Å². The number of methoxy groups -OCH3 is 2. The maximum Gasteiger partial charge on any atom is 0.119 e. The average Bonchev–Trinajstić information content (AvgIpc) is 4.20. The van der Waals surface area contributed by atoms with E-state index < -0.39 is 0 Å². The summed E-state index contributed by atoms with van der Waals surface area (Å²) in [4.78, 5) is 18.9. The number of rotatable bonds is 28. The van der Waals surface area contributed by atoms with Crippen molar-refractivity contribution in [2.75, 3.05) is 14.2 Å². The Balaban J connectivity index is 1.29. The van der Waals surface area contributed by atoms with Gasteiger partial charge in [-0.2, -0.15) is 0 Å². The predicted molar refractivity (Wildman–Crippen MR) is 283 cm³/mol. The molecule has 6 heteroatoms. The Kier molecular flexibility index (Phi) is 19.2. The SMILES string of the molecule is CCCCCCCCCCCCCc1c2nc(c(-c3cccc(OC)c3)c3ccc([nH]3)c(CCCCCCCCCCCCC)c3nc(c(-c4cccc(OC)c4)c4ccc1[nH]4)C=C3)C=C2. The minimum Gasteiger partial charge on any atom is -0.497 e. The molecule has 0 radical (unpaired) electrons. The van der Waals surface area contributed by atoms with Crippen LogP contribution in [0.5, 0.6) is 11.5 Å². The molecule has 2 aliphatic heterocycles. The van der Waals surface area contributed by atoms with E-state index in [1.165, 1.54) is 140 Å². The summed E-state index contributed by atoms with van der Waals surface area (Å²) in [6.45, 7) is 4.59. The van der Waals surface area contributed by atoms with Gasteiger partial charge in [0.25, 0.3) is 0 Å². The predicted octanol–water partition coefficient (Wildman–Crippen LogP) is 17.7. The fourth-order valence-corrected chi connectivity index (χ4v) is 9.95. The van der Waals surface area contributed by atoms with Crippen LogP contribution in [0, 0.1) is 0 Å². The van der Waals surface area contributed by atoms with E-state index in [0.717, 1.165) is 104 Å². The average molecular weight is 887 g/mol. The maximum atomic E-state index is 5.77. The van der Waals surface area contributed by atoms with Crippen molar-refractivity contribution in [2.24, 2.45) is 0 Å². The maximum absolute atomic E-state index is 5.77. The van der Waals surface area contributed by atoms with Gasteiger partial charge in [0.1, 0.15) is 11.5 Å². The van der Waals surface area contributed by atoms with Crippen LogP contribution in [0.1, 0.15) is 189 Å². The fraction of sp³-hybridized carbons (Fsp3) is 0.467. The van der Waals surface area contributed by atoms with Crippen molar-refractivity contribution in [3.05, 3.63) is 107 Å². The second kappa shape index (κ2) is 26.1. The van der Waals surface area contributed by atoms with Crippen LogP contribution in [-0.4, -0.2) is 34.2 Å². The van der Waals surface area contributed by atoms with Gasteiger partial charge >= 0.3 is 0 Å². The Labute approximate surface area is 396 Å². The Bertz CT molecular complexity index is 2350. The standard InChI is InChI=1S/C60H78N4O2/c1-5-7-9-11-13-15-17-19-21-23-25-33-49-51-35-39-55(61-51)59(45-29-27-31-47(43-45)65-3)57-41-37-53(63-57)50(34-26-24-22-20-18-16-14-12-10-8-6-2)54-38-42-58(64-54)60(56-40-36-52(49)62-56)46-30-28-32-48(44-46)66-4/h27-32,35-44,61,64H,5-26,33-34H2,1-4H3. The van der Waals surface area contributed by atoms with Gasteiger partial charge in [0.2, 0.25) is 0 Å². The molecule has 2 aliphatic rings. The molecule has 0 amide bonds. The molecule has 5 heterocycles. The van der Waals surface area contributed by atoms with Crippen molar-refractivity contribution < 1.29 is 9.47 Å². The first-order valence-electron chi connectivity index (χ1n) is 26.0. The smallest absolute Gasteiger partial charge is 0.119 e. The highest BCUT2D eigenvalue weighted by molar-refractivity contribution is 5.94. The van der Waals surface area contributed by atoms with E-state index in [-0.39, 0.29) is 0 Å². The molecule has 0 saturated heterocycles. The monoisotopic (exact) mass is 887 g/mol. The zero-order chi connectivity index (χ0) is 45.8. The summed E-state index contributed by atoms with van der Waals surface area (Å²) in [6.07, 6.45) is 39.7. The highest BCUT2D eigenvalue weighted by atomic mass is 16.5. The number of hydrogen-bond acceptors (Lipinski definition) is 4. The lowest BCUT2D eigenvalue weighted by atomic mass is 10.0. The third-order valence-electron chi connectivity index (χ3n) is 13.7. The molecule has 7 rings (SSSR count). The van der Waals surface area contributed by atoms with Crippen LogP contribution < -0.4 is 9.47 Å². The van der Waals surface area contributed by atoms with Crippen molar-refractivity contribution in [2.45, 2.75) is 168 Å². The van der Waals surface area contributed by atoms with Gasteiger partial charge < -0.3 is 19.4 Å². The van der Waals surface area contributed by atoms with Gasteiger partial charge in [-0.05, 0) is 110 Å². The molecule has 8 bridgehead atoms. The minimum atomic E-state index is 0.828. The number of aromatic nitrogens is 4. The first-order valence-corrected chi connectivity index (χ1v) is 26.0. The lowest BCUT2D eigenvalue weighted by Gasteiger charge is -2.08. The molecule has 350 valence electrons. The quantitative estimate of drug-likeness (QED) is 0.0481. The van der Waals surface area contributed by atoms with Crippen LogP contribution in [0.3, 0.4) is 0 Å². The number of ether oxygens (including phenoxy) is 2. The number of aromatic amines is 2. The van der Waals surface area contributed by atoms with Crippen molar-refractivity contribution >= 4 is 46.4 Å². The lowest BCUT2D eigenvalue weighted by molar-refractivity contribution is 0.415. The third-order valence-corrected chi connectivity index (χ3v) is 13.7. The molecule has 0 fully saturated rings. The highest BCUT2D eigenvalue weighted by Gasteiger charge is 2.18. The van der Waals surface area contributed by atoms with Crippen molar-refractivity contribution in [1.29, 1.82) is 0 Å². The fourth-order valence-electron chi connectivity index (χ4n) is 9.95. The van der Waals surface area contributed by atoms with Crippen LogP contribution in [0.15, 0.2) is 72.8 Å². The Hall–Kier alpha value is -5.36. The van der Waals surface area contributed by atoms with Crippen molar-refractivity contribution in [3.8, 4) is 33.8 Å². The summed E-state index contributed by atoms with van der Waals surface area (Å²) in [5.74, 6) is 1.66. The number of aryl methyl sites for hydroxylation is 2. The minimum absolute atomic E-state index is 0.828. The van der Waals surface area contributed by atoms with Crippen molar-refractivity contribution in [1.82, 2.24) is 19.9 Å². The molecule has 0 atom stereocenters. The molecule has 3 aromatic heterocycles. The molecule has 66 heavy (non-hydrogen) atoms. The second-order valence-electron chi connectivity index (χ2n) is 18.7. The van der Waals surface area contributed by atoms with Crippen LogP contribution >= 0.6 is 0 Å². The zero-order valence-electron chi connectivity index (χ0n) is 40.9. The van der Waals surface area contributed by atoms with E-state index in [0.29, 0.717) is 0 Å². The number of fused-ring (bicyclic) bond motifs is 8. The van der Waals surface area contributed by atoms with Gasteiger partial charge in [-0.1, -0.05) is 167 Å². The first-order chi connectivity index (χ1) is 32.6. The summed E-state index contributed by atoms with van der Waals surface area (Å²) < 4.78 is 11.5. The van der Waals surface area contributed by atoms with E-state index in [2.05, 4.69) is 109 Å². The van der Waals surface area contributed by atoms with Gasteiger partial charge in [0.05, 0.1) is 37.0 Å². The molecule has 0 unspecified atom stereocenters. The number of nitrogens with one attached hydrogen (secondary N) is 2. The van der Waals surface area contributed by atoms with Crippen molar-refractivity contribution in [3.63, 3.8) is 0 Å². The first kappa shape index (κ1) is 48.6. The van der Waals surface area contributed by atoms with Crippen LogP contribution in [0.4, 0.5) is 0 Å². The number of nitrogens with zero attached hydrogens (tertiary/aromatic N) is 2. The van der Waals surface area contributed by atoms with Gasteiger partial charge in [-0.15, -0.1) is 0 Å². The summed E-state index contributed by atoms with van der Waals surface area (Å²) in [5, 5.41) is 0. The van der Waals surface area contributed by atoms with Crippen LogP contribution in [-0.2, 0) is 12.8 Å². The van der Waals surface area contributed by atoms with E-state index in [4.69, 9.17) is 19.4 Å². The molecule has 0 aliphatic carbocycles. The van der Waals surface area contributed by atoms with E-state index in [1.54, 1.807) is 14.2 Å². The second-order valence-corrected chi connectivity index (χ2v) is 18.7. The summed E-state index contributed by atoms with van der Waals surface area (Å²) in [5.41, 5.74) is 15.0. The molecule has 0 spiro atoms. The Morgan fingerprint density at radius 1 is 0.379 bits per heavy atom. The Morgan fingerprint density at radius 3 is 1.08 bits per heavy atom. The highest BCUT2D eigenvalue weighted by Crippen LogP contribution is 2.36. The summed E-state index contributed by atoms with van der Waals surface area (Å²) in [6, 6.07) is 25.8. The number of unbranched alkanes of at least 4 members (excludes halogenated alkanes) is 20. The normalized spacial score (nSPS) is 12.1. The van der Waals surface area contributed by atoms with E-state index >= 15 is 0 Å².